The fraction of sp³-hybridized carbons (Fsp3) is 1.00. The molecule has 0 aromatic rings. The summed E-state index contributed by atoms with van der Waals surface area (Å²) in [6.07, 6.45) is 8.57. The molecule has 0 aromatic heterocycles. The standard InChI is InChI=1S/C14H25N/c1-9(2)7-14(15)8-10-6-13(14)12-5-3-4-11(10)12/h9-13H,3-8,15H2,1-2H3. The maximum absolute atomic E-state index is 6.70. The molecule has 0 saturated heterocycles. The van der Waals surface area contributed by atoms with Gasteiger partial charge in [0.05, 0.1) is 0 Å². The van der Waals surface area contributed by atoms with Crippen LogP contribution in [0.2, 0.25) is 0 Å². The molecule has 15 heavy (non-hydrogen) atoms. The SMILES string of the molecule is CC(C)CC1(N)CC2CC1C1CCCC21. The number of rotatable bonds is 2. The molecule has 2 N–H and O–H groups in total. The molecule has 0 spiro atoms. The minimum atomic E-state index is 0.227. The molecule has 0 aromatic carbocycles. The van der Waals surface area contributed by atoms with Crippen LogP contribution in [0.4, 0.5) is 0 Å². The molecule has 86 valence electrons. The Morgan fingerprint density at radius 3 is 2.73 bits per heavy atom. The first-order chi connectivity index (χ1) is 7.10. The van der Waals surface area contributed by atoms with Crippen LogP contribution >= 0.6 is 0 Å². The quantitative estimate of drug-likeness (QED) is 0.739. The van der Waals surface area contributed by atoms with Crippen molar-refractivity contribution in [2.24, 2.45) is 35.3 Å². The Morgan fingerprint density at radius 2 is 2.00 bits per heavy atom. The molecule has 0 radical (unpaired) electrons. The van der Waals surface area contributed by atoms with Crippen molar-refractivity contribution in [1.82, 2.24) is 0 Å². The van der Waals surface area contributed by atoms with Crippen LogP contribution in [-0.4, -0.2) is 5.54 Å². The van der Waals surface area contributed by atoms with Crippen molar-refractivity contribution in [3.8, 4) is 0 Å². The van der Waals surface area contributed by atoms with Crippen molar-refractivity contribution in [1.29, 1.82) is 0 Å². The number of hydrogen-bond donors (Lipinski definition) is 1. The molecule has 3 rings (SSSR count). The zero-order valence-electron chi connectivity index (χ0n) is 10.2. The highest BCUT2D eigenvalue weighted by atomic mass is 14.8. The van der Waals surface area contributed by atoms with Gasteiger partial charge in [-0.15, -0.1) is 0 Å². The van der Waals surface area contributed by atoms with Crippen LogP contribution in [0.3, 0.4) is 0 Å². The summed E-state index contributed by atoms with van der Waals surface area (Å²) >= 11 is 0. The average molecular weight is 207 g/mol. The molecule has 5 unspecified atom stereocenters. The maximum Gasteiger partial charge on any atom is 0.0190 e. The van der Waals surface area contributed by atoms with Gasteiger partial charge >= 0.3 is 0 Å². The van der Waals surface area contributed by atoms with E-state index in [4.69, 9.17) is 5.73 Å². The molecule has 1 nitrogen and oxygen atoms in total. The predicted molar refractivity (Wildman–Crippen MR) is 63.4 cm³/mol. The van der Waals surface area contributed by atoms with E-state index in [2.05, 4.69) is 13.8 Å². The number of nitrogens with two attached hydrogens (primary N) is 1. The molecular weight excluding hydrogens is 182 g/mol. The molecule has 0 heterocycles. The summed E-state index contributed by atoms with van der Waals surface area (Å²) in [5.74, 6) is 4.77. The number of hydrogen-bond acceptors (Lipinski definition) is 1. The zero-order chi connectivity index (χ0) is 10.6. The summed E-state index contributed by atoms with van der Waals surface area (Å²) in [6, 6.07) is 0. The Kier molecular flexibility index (Phi) is 2.18. The fourth-order valence-electron chi connectivity index (χ4n) is 5.31. The second-order valence-electron chi connectivity index (χ2n) is 6.90. The van der Waals surface area contributed by atoms with Crippen molar-refractivity contribution in [3.63, 3.8) is 0 Å². The van der Waals surface area contributed by atoms with Crippen LogP contribution in [-0.2, 0) is 0 Å². The topological polar surface area (TPSA) is 26.0 Å². The summed E-state index contributed by atoms with van der Waals surface area (Å²) in [4.78, 5) is 0. The van der Waals surface area contributed by atoms with Gasteiger partial charge in [0, 0.05) is 5.54 Å². The first-order valence-electron chi connectivity index (χ1n) is 6.89. The second-order valence-corrected chi connectivity index (χ2v) is 6.90. The average Bonchev–Trinajstić information content (AvgIpc) is 2.70. The lowest BCUT2D eigenvalue weighted by molar-refractivity contribution is 0.136. The first-order valence-corrected chi connectivity index (χ1v) is 6.89. The monoisotopic (exact) mass is 207 g/mol. The van der Waals surface area contributed by atoms with Gasteiger partial charge in [-0.1, -0.05) is 20.3 Å². The molecule has 5 atom stereocenters. The largest absolute Gasteiger partial charge is 0.325 e. The minimum absolute atomic E-state index is 0.227. The van der Waals surface area contributed by atoms with Gasteiger partial charge in [0.2, 0.25) is 0 Å². The Balaban J connectivity index is 1.80. The first kappa shape index (κ1) is 10.1. The lowest BCUT2D eigenvalue weighted by atomic mass is 9.68. The van der Waals surface area contributed by atoms with Crippen molar-refractivity contribution in [2.45, 2.75) is 57.9 Å². The van der Waals surface area contributed by atoms with Crippen LogP contribution in [0.5, 0.6) is 0 Å². The lowest BCUT2D eigenvalue weighted by Gasteiger charge is -2.41. The fourth-order valence-corrected chi connectivity index (χ4v) is 5.31. The van der Waals surface area contributed by atoms with Gasteiger partial charge in [0.1, 0.15) is 0 Å². The van der Waals surface area contributed by atoms with Gasteiger partial charge in [-0.05, 0) is 61.7 Å². The third-order valence-electron chi connectivity index (χ3n) is 5.47. The molecular formula is C14H25N. The lowest BCUT2D eigenvalue weighted by Crippen LogP contribution is -2.50. The van der Waals surface area contributed by atoms with E-state index >= 15 is 0 Å². The summed E-state index contributed by atoms with van der Waals surface area (Å²) in [7, 11) is 0. The van der Waals surface area contributed by atoms with Crippen LogP contribution < -0.4 is 5.73 Å². The normalized spacial score (nSPS) is 52.8. The van der Waals surface area contributed by atoms with Crippen molar-refractivity contribution in [3.05, 3.63) is 0 Å². The van der Waals surface area contributed by atoms with E-state index in [-0.39, 0.29) is 5.54 Å². The molecule has 3 aliphatic carbocycles. The molecule has 0 aliphatic heterocycles. The van der Waals surface area contributed by atoms with E-state index in [0.717, 1.165) is 29.6 Å². The zero-order valence-corrected chi connectivity index (χ0v) is 10.2. The van der Waals surface area contributed by atoms with E-state index in [1.807, 2.05) is 0 Å². The van der Waals surface area contributed by atoms with Gasteiger partial charge in [-0.3, -0.25) is 0 Å². The molecule has 1 heteroatoms. The molecule has 3 fully saturated rings. The van der Waals surface area contributed by atoms with Crippen LogP contribution in [0.15, 0.2) is 0 Å². The Labute approximate surface area is 93.8 Å². The van der Waals surface area contributed by atoms with Crippen LogP contribution in [0.1, 0.15) is 52.4 Å². The third-order valence-corrected chi connectivity index (χ3v) is 5.47. The van der Waals surface area contributed by atoms with E-state index in [9.17, 15) is 0 Å². The molecule has 2 bridgehead atoms. The highest BCUT2D eigenvalue weighted by molar-refractivity contribution is 5.12. The Hall–Kier alpha value is -0.0400. The highest BCUT2D eigenvalue weighted by Gasteiger charge is 2.58. The van der Waals surface area contributed by atoms with Crippen LogP contribution in [0.25, 0.3) is 0 Å². The Bertz CT molecular complexity index is 260. The molecule has 3 aliphatic rings. The van der Waals surface area contributed by atoms with Crippen LogP contribution in [0, 0.1) is 29.6 Å². The van der Waals surface area contributed by atoms with E-state index in [1.165, 1.54) is 38.5 Å². The van der Waals surface area contributed by atoms with Crippen molar-refractivity contribution < 1.29 is 0 Å². The van der Waals surface area contributed by atoms with Gasteiger partial charge in [0.25, 0.3) is 0 Å². The van der Waals surface area contributed by atoms with E-state index in [0.29, 0.717) is 0 Å². The molecule has 3 saturated carbocycles. The van der Waals surface area contributed by atoms with Gasteiger partial charge in [-0.2, -0.15) is 0 Å². The predicted octanol–water partition coefficient (Wildman–Crippen LogP) is 3.19. The summed E-state index contributed by atoms with van der Waals surface area (Å²) in [5.41, 5.74) is 6.93. The minimum Gasteiger partial charge on any atom is -0.325 e. The smallest absolute Gasteiger partial charge is 0.0190 e. The van der Waals surface area contributed by atoms with Crippen molar-refractivity contribution in [2.75, 3.05) is 0 Å². The second kappa shape index (κ2) is 3.23. The molecule has 0 amide bonds. The Morgan fingerprint density at radius 1 is 1.27 bits per heavy atom. The summed E-state index contributed by atoms with van der Waals surface area (Å²) in [5, 5.41) is 0. The number of fused-ring (bicyclic) bond motifs is 5. The van der Waals surface area contributed by atoms with Gasteiger partial charge in [-0.25, -0.2) is 0 Å². The maximum atomic E-state index is 6.70. The third kappa shape index (κ3) is 1.39. The van der Waals surface area contributed by atoms with E-state index in [1.54, 1.807) is 0 Å². The van der Waals surface area contributed by atoms with Gasteiger partial charge < -0.3 is 5.73 Å². The highest BCUT2D eigenvalue weighted by Crippen LogP contribution is 2.62. The van der Waals surface area contributed by atoms with E-state index < -0.39 is 0 Å². The summed E-state index contributed by atoms with van der Waals surface area (Å²) in [6.45, 7) is 4.65. The van der Waals surface area contributed by atoms with Gasteiger partial charge in [0.15, 0.2) is 0 Å². The van der Waals surface area contributed by atoms with Crippen molar-refractivity contribution >= 4 is 0 Å². The summed E-state index contributed by atoms with van der Waals surface area (Å²) < 4.78 is 0.